The second kappa shape index (κ2) is 6.88. The minimum atomic E-state index is -3.33. The van der Waals surface area contributed by atoms with Crippen molar-refractivity contribution in [3.05, 3.63) is 30.1 Å². The van der Waals surface area contributed by atoms with Crippen molar-refractivity contribution in [2.24, 2.45) is 18.9 Å². The molecule has 1 aliphatic heterocycles. The molecule has 8 nitrogen and oxygen atoms in total. The van der Waals surface area contributed by atoms with Crippen LogP contribution in [0, 0.1) is 11.8 Å². The minimum Gasteiger partial charge on any atom is -0.349 e. The van der Waals surface area contributed by atoms with E-state index in [0.29, 0.717) is 24.5 Å². The number of nitrogens with zero attached hydrogens (tertiary/aromatic N) is 3. The Bertz CT molecular complexity index is 899. The van der Waals surface area contributed by atoms with E-state index >= 15 is 0 Å². The van der Waals surface area contributed by atoms with E-state index in [1.807, 2.05) is 43.8 Å². The van der Waals surface area contributed by atoms with Gasteiger partial charge in [0.2, 0.25) is 10.0 Å². The molecular formula is C17H25N5O3S. The van der Waals surface area contributed by atoms with Crippen LogP contribution in [0.4, 0.5) is 0 Å². The van der Waals surface area contributed by atoms with Crippen LogP contribution >= 0.6 is 0 Å². The number of rotatable bonds is 5. The number of sulfonamides is 1. The molecule has 0 aliphatic carbocycles. The Morgan fingerprint density at radius 3 is 2.69 bits per heavy atom. The van der Waals surface area contributed by atoms with Crippen molar-refractivity contribution in [2.75, 3.05) is 19.3 Å². The molecule has 2 aromatic heterocycles. The van der Waals surface area contributed by atoms with Crippen LogP contribution in [0.25, 0.3) is 11.4 Å². The molecule has 0 saturated carbocycles. The van der Waals surface area contributed by atoms with Gasteiger partial charge in [-0.1, -0.05) is 13.8 Å². The number of likely N-dealkylation sites (tertiary alicyclic amines) is 1. The van der Waals surface area contributed by atoms with Gasteiger partial charge < -0.3 is 9.47 Å². The third-order valence-electron chi connectivity index (χ3n) is 4.89. The number of hydrogen-bond acceptors (Lipinski definition) is 4. The molecule has 0 spiro atoms. The molecule has 1 fully saturated rings. The van der Waals surface area contributed by atoms with Crippen molar-refractivity contribution >= 4 is 15.9 Å². The van der Waals surface area contributed by atoms with Gasteiger partial charge in [-0.3, -0.25) is 9.89 Å². The number of H-pyrrole nitrogens is 1. The number of carbonyl (C=O) groups is 1. The molecule has 0 bridgehead atoms. The highest BCUT2D eigenvalue weighted by Gasteiger charge is 2.38. The van der Waals surface area contributed by atoms with Gasteiger partial charge in [0.1, 0.15) is 11.4 Å². The van der Waals surface area contributed by atoms with Crippen LogP contribution in [0.1, 0.15) is 24.3 Å². The summed E-state index contributed by atoms with van der Waals surface area (Å²) in [6, 6.07) is 5.31. The molecule has 3 heterocycles. The van der Waals surface area contributed by atoms with Gasteiger partial charge >= 0.3 is 0 Å². The van der Waals surface area contributed by atoms with Crippen LogP contribution in [-0.4, -0.2) is 59.4 Å². The number of aromatic nitrogens is 3. The lowest BCUT2D eigenvalue weighted by Crippen LogP contribution is -2.41. The van der Waals surface area contributed by atoms with Crippen molar-refractivity contribution in [2.45, 2.75) is 19.9 Å². The van der Waals surface area contributed by atoms with Crippen molar-refractivity contribution in [1.82, 2.24) is 24.4 Å². The molecular weight excluding hydrogens is 354 g/mol. The van der Waals surface area contributed by atoms with Crippen molar-refractivity contribution in [1.29, 1.82) is 0 Å². The summed E-state index contributed by atoms with van der Waals surface area (Å²) in [6.07, 6.45) is 3.07. The van der Waals surface area contributed by atoms with Crippen LogP contribution in [0.2, 0.25) is 0 Å². The van der Waals surface area contributed by atoms with Crippen LogP contribution in [0.15, 0.2) is 24.4 Å². The van der Waals surface area contributed by atoms with Crippen LogP contribution < -0.4 is 4.72 Å². The molecule has 0 radical (unpaired) electrons. The SMILES string of the molecule is CC(C)[C@@H]1CN(C(=O)c2cc(-c3cccn3C)n[nH]2)C[C@H]1NS(C)(=O)=O. The topological polar surface area (TPSA) is 100 Å². The van der Waals surface area contributed by atoms with E-state index in [4.69, 9.17) is 0 Å². The number of nitrogens with one attached hydrogen (secondary N) is 2. The summed E-state index contributed by atoms with van der Waals surface area (Å²) in [6.45, 7) is 4.95. The van der Waals surface area contributed by atoms with Crippen molar-refractivity contribution in [3.63, 3.8) is 0 Å². The van der Waals surface area contributed by atoms with Gasteiger partial charge in [0, 0.05) is 32.4 Å². The van der Waals surface area contributed by atoms with E-state index < -0.39 is 10.0 Å². The fourth-order valence-electron chi connectivity index (χ4n) is 3.53. The normalized spacial score (nSPS) is 20.9. The van der Waals surface area contributed by atoms with Crippen LogP contribution in [-0.2, 0) is 17.1 Å². The second-order valence-corrected chi connectivity index (χ2v) is 9.07. The first kappa shape index (κ1) is 18.7. The largest absolute Gasteiger partial charge is 0.349 e. The molecule has 3 rings (SSSR count). The second-order valence-electron chi connectivity index (χ2n) is 7.29. The summed E-state index contributed by atoms with van der Waals surface area (Å²) in [4.78, 5) is 14.6. The number of aryl methyl sites for hydroxylation is 1. The first-order valence-corrected chi connectivity index (χ1v) is 10.5. The molecule has 26 heavy (non-hydrogen) atoms. The standard InChI is InChI=1S/C17H25N5O3S/c1-11(2)12-9-22(10-15(12)20-26(4,24)25)17(23)14-8-13(18-19-14)16-6-5-7-21(16)3/h5-8,11-12,15,20H,9-10H2,1-4H3,(H,18,19)/t12-,15+/m0/s1. The molecule has 0 aromatic carbocycles. The first-order chi connectivity index (χ1) is 12.2. The molecule has 9 heteroatoms. The highest BCUT2D eigenvalue weighted by atomic mass is 32.2. The Morgan fingerprint density at radius 1 is 1.38 bits per heavy atom. The summed E-state index contributed by atoms with van der Waals surface area (Å²) in [5.41, 5.74) is 2.02. The van der Waals surface area contributed by atoms with Crippen molar-refractivity contribution < 1.29 is 13.2 Å². The Morgan fingerprint density at radius 2 is 2.12 bits per heavy atom. The summed E-state index contributed by atoms with van der Waals surface area (Å²) in [5.74, 6) is 0.165. The van der Waals surface area contributed by atoms with Gasteiger partial charge in [0.25, 0.3) is 5.91 Å². The predicted octanol–water partition coefficient (Wildman–Crippen LogP) is 1.06. The van der Waals surface area contributed by atoms with Gasteiger partial charge in [0.15, 0.2) is 0 Å². The Kier molecular flexibility index (Phi) is 4.94. The Balaban J connectivity index is 1.78. The zero-order valence-corrected chi connectivity index (χ0v) is 16.2. The number of aromatic amines is 1. The molecule has 0 unspecified atom stereocenters. The average Bonchev–Trinajstić information content (AvgIpc) is 3.23. The van der Waals surface area contributed by atoms with Crippen LogP contribution in [0.3, 0.4) is 0 Å². The highest BCUT2D eigenvalue weighted by molar-refractivity contribution is 7.88. The van der Waals surface area contributed by atoms with Gasteiger partial charge in [-0.2, -0.15) is 5.10 Å². The molecule has 2 N–H and O–H groups in total. The minimum absolute atomic E-state index is 0.0731. The maximum absolute atomic E-state index is 12.9. The lowest BCUT2D eigenvalue weighted by Gasteiger charge is -2.21. The van der Waals surface area contributed by atoms with Gasteiger partial charge in [-0.25, -0.2) is 13.1 Å². The lowest BCUT2D eigenvalue weighted by molar-refractivity contribution is 0.0777. The summed E-state index contributed by atoms with van der Waals surface area (Å²) < 4.78 is 27.9. The fourth-order valence-corrected chi connectivity index (χ4v) is 4.33. The van der Waals surface area contributed by atoms with Gasteiger partial charge in [-0.15, -0.1) is 0 Å². The lowest BCUT2D eigenvalue weighted by atomic mass is 9.92. The molecule has 2 atom stereocenters. The third kappa shape index (κ3) is 3.83. The maximum Gasteiger partial charge on any atom is 0.271 e. The Labute approximate surface area is 153 Å². The van der Waals surface area contributed by atoms with E-state index in [1.54, 1.807) is 11.0 Å². The van der Waals surface area contributed by atoms with Gasteiger partial charge in [-0.05, 0) is 30.0 Å². The van der Waals surface area contributed by atoms with Crippen LogP contribution in [0.5, 0.6) is 0 Å². The van der Waals surface area contributed by atoms with Gasteiger partial charge in [0.05, 0.1) is 11.9 Å². The zero-order valence-electron chi connectivity index (χ0n) is 15.4. The number of carbonyl (C=O) groups excluding carboxylic acids is 1. The average molecular weight is 379 g/mol. The van der Waals surface area contributed by atoms with E-state index in [9.17, 15) is 13.2 Å². The predicted molar refractivity (Wildman–Crippen MR) is 99.0 cm³/mol. The smallest absolute Gasteiger partial charge is 0.271 e. The fraction of sp³-hybridized carbons (Fsp3) is 0.529. The summed E-state index contributed by atoms with van der Waals surface area (Å²) in [7, 11) is -1.41. The first-order valence-electron chi connectivity index (χ1n) is 8.59. The molecule has 2 aromatic rings. The molecule has 1 aliphatic rings. The Hall–Kier alpha value is -2.13. The van der Waals surface area contributed by atoms with E-state index in [-0.39, 0.29) is 23.8 Å². The number of hydrogen-bond donors (Lipinski definition) is 2. The third-order valence-corrected chi connectivity index (χ3v) is 5.62. The van der Waals surface area contributed by atoms with Crippen molar-refractivity contribution in [3.8, 4) is 11.4 Å². The monoisotopic (exact) mass is 379 g/mol. The summed E-state index contributed by atoms with van der Waals surface area (Å²) in [5, 5.41) is 7.05. The quantitative estimate of drug-likeness (QED) is 0.811. The molecule has 1 amide bonds. The number of amides is 1. The summed E-state index contributed by atoms with van der Waals surface area (Å²) >= 11 is 0. The molecule has 1 saturated heterocycles. The van der Waals surface area contributed by atoms with E-state index in [0.717, 1.165) is 11.9 Å². The maximum atomic E-state index is 12.9. The van der Waals surface area contributed by atoms with E-state index in [1.165, 1.54) is 0 Å². The zero-order chi connectivity index (χ0) is 19.1. The van der Waals surface area contributed by atoms with E-state index in [2.05, 4.69) is 14.9 Å². The highest BCUT2D eigenvalue weighted by Crippen LogP contribution is 2.26. The molecule has 142 valence electrons.